The Morgan fingerprint density at radius 2 is 2.00 bits per heavy atom. The van der Waals surface area contributed by atoms with E-state index in [1.807, 2.05) is 31.3 Å². The molecule has 62 valence electrons. The Morgan fingerprint density at radius 3 is 2.67 bits per heavy atom. The third kappa shape index (κ3) is 0.862. The molecule has 0 saturated heterocycles. The first-order valence-corrected chi connectivity index (χ1v) is 4.43. The van der Waals surface area contributed by atoms with Crippen molar-refractivity contribution in [1.29, 1.82) is 0 Å². The summed E-state index contributed by atoms with van der Waals surface area (Å²) < 4.78 is 2.51. The number of aromatic nitrogens is 1. The van der Waals surface area contributed by atoms with Crippen LogP contribution in [0.3, 0.4) is 0 Å². The fourth-order valence-electron chi connectivity index (χ4n) is 1.33. The van der Waals surface area contributed by atoms with Gasteiger partial charge in [-0.2, -0.15) is 0 Å². The first-order valence-electron chi connectivity index (χ1n) is 3.63. The summed E-state index contributed by atoms with van der Waals surface area (Å²) in [6.07, 6.45) is 0. The van der Waals surface area contributed by atoms with Crippen molar-refractivity contribution in [3.05, 3.63) is 28.7 Å². The maximum Gasteiger partial charge on any atom is 0.206 e. The predicted molar refractivity (Wildman–Crippen MR) is 52.3 cm³/mol. The molecule has 0 unspecified atom stereocenters. The number of aryl methyl sites for hydroxylation is 1. The van der Waals surface area contributed by atoms with E-state index in [1.54, 1.807) is 4.57 Å². The SMILES string of the molecule is Cn1c(O)c(Br)c2ccccc21. The summed E-state index contributed by atoms with van der Waals surface area (Å²) in [5.74, 6) is 0.274. The van der Waals surface area contributed by atoms with E-state index in [1.165, 1.54) is 0 Å². The van der Waals surface area contributed by atoms with E-state index >= 15 is 0 Å². The van der Waals surface area contributed by atoms with Crippen LogP contribution in [0, 0.1) is 0 Å². The van der Waals surface area contributed by atoms with Crippen LogP contribution in [0.4, 0.5) is 0 Å². The van der Waals surface area contributed by atoms with Crippen LogP contribution in [0.2, 0.25) is 0 Å². The van der Waals surface area contributed by atoms with Crippen molar-refractivity contribution in [2.75, 3.05) is 0 Å². The van der Waals surface area contributed by atoms with Crippen molar-refractivity contribution >= 4 is 26.8 Å². The minimum absolute atomic E-state index is 0.274. The first kappa shape index (κ1) is 7.68. The molecule has 3 heteroatoms. The van der Waals surface area contributed by atoms with Gasteiger partial charge < -0.3 is 9.67 Å². The Hall–Kier alpha value is -0.960. The van der Waals surface area contributed by atoms with Gasteiger partial charge in [-0.15, -0.1) is 0 Å². The number of aromatic hydroxyl groups is 1. The summed E-state index contributed by atoms with van der Waals surface area (Å²) in [6.45, 7) is 0. The third-order valence-electron chi connectivity index (χ3n) is 2.02. The minimum Gasteiger partial charge on any atom is -0.494 e. The quantitative estimate of drug-likeness (QED) is 0.733. The molecule has 1 aromatic heterocycles. The number of nitrogens with zero attached hydrogens (tertiary/aromatic N) is 1. The van der Waals surface area contributed by atoms with E-state index in [-0.39, 0.29) is 5.88 Å². The second kappa shape index (κ2) is 2.52. The normalized spacial score (nSPS) is 10.8. The Bertz CT molecular complexity index is 394. The van der Waals surface area contributed by atoms with Crippen LogP contribution < -0.4 is 0 Å². The van der Waals surface area contributed by atoms with Crippen molar-refractivity contribution in [2.24, 2.45) is 7.05 Å². The van der Waals surface area contributed by atoms with E-state index in [2.05, 4.69) is 15.9 Å². The molecule has 0 fully saturated rings. The molecule has 2 rings (SSSR count). The second-order valence-electron chi connectivity index (χ2n) is 2.71. The summed E-state index contributed by atoms with van der Waals surface area (Å²) in [4.78, 5) is 0. The lowest BCUT2D eigenvalue weighted by Crippen LogP contribution is -1.84. The number of rotatable bonds is 0. The van der Waals surface area contributed by atoms with E-state index < -0.39 is 0 Å². The van der Waals surface area contributed by atoms with Crippen molar-refractivity contribution in [2.45, 2.75) is 0 Å². The van der Waals surface area contributed by atoms with E-state index in [9.17, 15) is 5.11 Å². The first-order chi connectivity index (χ1) is 5.72. The number of hydrogen-bond acceptors (Lipinski definition) is 1. The number of para-hydroxylation sites is 1. The van der Waals surface area contributed by atoms with Gasteiger partial charge in [0.25, 0.3) is 0 Å². The molecule has 0 aliphatic heterocycles. The van der Waals surface area contributed by atoms with Crippen LogP contribution in [0.15, 0.2) is 28.7 Å². The monoisotopic (exact) mass is 225 g/mol. The van der Waals surface area contributed by atoms with E-state index in [0.29, 0.717) is 0 Å². The fraction of sp³-hybridized carbons (Fsp3) is 0.111. The Morgan fingerprint density at radius 1 is 1.33 bits per heavy atom. The third-order valence-corrected chi connectivity index (χ3v) is 2.80. The standard InChI is InChI=1S/C9H8BrNO/c1-11-7-5-3-2-4-6(7)8(10)9(11)12/h2-5,12H,1H3. The van der Waals surface area contributed by atoms with Gasteiger partial charge in [-0.3, -0.25) is 0 Å². The molecule has 0 bridgehead atoms. The summed E-state index contributed by atoms with van der Waals surface area (Å²) in [5, 5.41) is 10.6. The molecule has 1 N–H and O–H groups in total. The molecule has 2 nitrogen and oxygen atoms in total. The number of fused-ring (bicyclic) bond motifs is 1. The highest BCUT2D eigenvalue weighted by Gasteiger charge is 2.09. The molecule has 0 aliphatic carbocycles. The van der Waals surface area contributed by atoms with Gasteiger partial charge in [-0.05, 0) is 22.0 Å². The summed E-state index contributed by atoms with van der Waals surface area (Å²) in [7, 11) is 1.84. The molecule has 1 heterocycles. The van der Waals surface area contributed by atoms with Crippen molar-refractivity contribution < 1.29 is 5.11 Å². The zero-order valence-electron chi connectivity index (χ0n) is 6.58. The van der Waals surface area contributed by atoms with Crippen molar-refractivity contribution in [3.8, 4) is 5.88 Å². The number of hydrogen-bond donors (Lipinski definition) is 1. The van der Waals surface area contributed by atoms with Gasteiger partial charge in [0, 0.05) is 12.4 Å². The molecule has 2 aromatic rings. The molecule has 0 saturated carbocycles. The smallest absolute Gasteiger partial charge is 0.206 e. The highest BCUT2D eigenvalue weighted by atomic mass is 79.9. The molecule has 0 radical (unpaired) electrons. The van der Waals surface area contributed by atoms with Gasteiger partial charge in [0.15, 0.2) is 0 Å². The van der Waals surface area contributed by atoms with Crippen LogP contribution >= 0.6 is 15.9 Å². The molecule has 0 atom stereocenters. The topological polar surface area (TPSA) is 25.2 Å². The highest BCUT2D eigenvalue weighted by molar-refractivity contribution is 9.10. The van der Waals surface area contributed by atoms with Crippen LogP contribution in [-0.4, -0.2) is 9.67 Å². The lowest BCUT2D eigenvalue weighted by atomic mass is 10.2. The lowest BCUT2D eigenvalue weighted by molar-refractivity contribution is 0.432. The summed E-state index contributed by atoms with van der Waals surface area (Å²) >= 11 is 3.33. The Balaban J connectivity index is 2.99. The Labute approximate surface area is 78.6 Å². The zero-order valence-corrected chi connectivity index (χ0v) is 8.17. The van der Waals surface area contributed by atoms with Crippen LogP contribution in [0.1, 0.15) is 0 Å². The molecule has 12 heavy (non-hydrogen) atoms. The molecule has 0 spiro atoms. The average molecular weight is 226 g/mol. The lowest BCUT2D eigenvalue weighted by Gasteiger charge is -1.94. The summed E-state index contributed by atoms with van der Waals surface area (Å²) in [6, 6.07) is 7.85. The molecular formula is C9H8BrNO. The minimum atomic E-state index is 0.274. The van der Waals surface area contributed by atoms with Gasteiger partial charge in [-0.25, -0.2) is 0 Å². The van der Waals surface area contributed by atoms with Crippen LogP contribution in [-0.2, 0) is 7.05 Å². The maximum atomic E-state index is 9.55. The van der Waals surface area contributed by atoms with Crippen molar-refractivity contribution in [3.63, 3.8) is 0 Å². The zero-order chi connectivity index (χ0) is 8.72. The largest absolute Gasteiger partial charge is 0.494 e. The van der Waals surface area contributed by atoms with Crippen LogP contribution in [0.5, 0.6) is 5.88 Å². The molecular weight excluding hydrogens is 218 g/mol. The van der Waals surface area contributed by atoms with Gasteiger partial charge >= 0.3 is 0 Å². The van der Waals surface area contributed by atoms with E-state index in [4.69, 9.17) is 0 Å². The van der Waals surface area contributed by atoms with E-state index in [0.717, 1.165) is 15.4 Å². The average Bonchev–Trinajstić information content (AvgIpc) is 2.33. The van der Waals surface area contributed by atoms with Crippen molar-refractivity contribution in [1.82, 2.24) is 4.57 Å². The van der Waals surface area contributed by atoms with Gasteiger partial charge in [0.05, 0.1) is 9.99 Å². The van der Waals surface area contributed by atoms with Gasteiger partial charge in [-0.1, -0.05) is 18.2 Å². The van der Waals surface area contributed by atoms with Gasteiger partial charge in [0.2, 0.25) is 5.88 Å². The summed E-state index contributed by atoms with van der Waals surface area (Å²) in [5.41, 5.74) is 1.03. The molecule has 0 amide bonds. The van der Waals surface area contributed by atoms with Crippen LogP contribution in [0.25, 0.3) is 10.9 Å². The molecule has 0 aliphatic rings. The predicted octanol–water partition coefficient (Wildman–Crippen LogP) is 2.65. The highest BCUT2D eigenvalue weighted by Crippen LogP contribution is 2.34. The Kier molecular flexibility index (Phi) is 1.61. The maximum absolute atomic E-state index is 9.55. The fourth-order valence-corrected chi connectivity index (χ4v) is 1.93. The molecule has 1 aromatic carbocycles. The van der Waals surface area contributed by atoms with Gasteiger partial charge in [0.1, 0.15) is 0 Å². The second-order valence-corrected chi connectivity index (χ2v) is 3.51. The number of benzene rings is 1. The number of halogens is 1.